The van der Waals surface area contributed by atoms with E-state index >= 15 is 0 Å². The van der Waals surface area contributed by atoms with E-state index in [-0.39, 0.29) is 5.89 Å². The van der Waals surface area contributed by atoms with Gasteiger partial charge in [0.1, 0.15) is 5.69 Å². The molecule has 0 amide bonds. The topological polar surface area (TPSA) is 69.6 Å². The van der Waals surface area contributed by atoms with E-state index < -0.39 is 12.3 Å². The van der Waals surface area contributed by atoms with Gasteiger partial charge in [0, 0.05) is 11.1 Å². The minimum Gasteiger partial charge on any atom is -0.415 e. The maximum Gasteiger partial charge on any atom is 0.314 e. The van der Waals surface area contributed by atoms with Gasteiger partial charge in [-0.05, 0) is 24.6 Å². The molecule has 4 aromatic rings. The summed E-state index contributed by atoms with van der Waals surface area (Å²) in [6.45, 7) is 2.51. The van der Waals surface area contributed by atoms with E-state index in [1.165, 1.54) is 0 Å². The zero-order chi connectivity index (χ0) is 18.8. The third kappa shape index (κ3) is 3.46. The summed E-state index contributed by atoms with van der Waals surface area (Å²) in [6, 6.07) is 17.1. The molecule has 0 aliphatic heterocycles. The van der Waals surface area contributed by atoms with Gasteiger partial charge in [-0.2, -0.15) is 8.78 Å². The van der Waals surface area contributed by atoms with Gasteiger partial charge in [0.2, 0.25) is 5.89 Å². The first-order chi connectivity index (χ1) is 13.1. The third-order valence-corrected chi connectivity index (χ3v) is 4.19. The molecule has 4 rings (SSSR count). The molecule has 6 nitrogen and oxygen atoms in total. The van der Waals surface area contributed by atoms with Crippen LogP contribution in [0.25, 0.3) is 22.7 Å². The van der Waals surface area contributed by atoms with Gasteiger partial charge in [0.05, 0.1) is 12.2 Å². The van der Waals surface area contributed by atoms with Crippen molar-refractivity contribution in [3.8, 4) is 22.7 Å². The van der Waals surface area contributed by atoms with Crippen molar-refractivity contribution in [2.75, 3.05) is 0 Å². The van der Waals surface area contributed by atoms with Crippen LogP contribution in [0.4, 0.5) is 8.78 Å². The number of benzene rings is 2. The Kier molecular flexibility index (Phi) is 4.45. The average Bonchev–Trinajstić information content (AvgIpc) is 3.31. The van der Waals surface area contributed by atoms with E-state index in [1.54, 1.807) is 12.1 Å². The van der Waals surface area contributed by atoms with Crippen molar-refractivity contribution in [3.05, 3.63) is 71.7 Å². The van der Waals surface area contributed by atoms with Gasteiger partial charge < -0.3 is 4.42 Å². The zero-order valence-electron chi connectivity index (χ0n) is 14.4. The highest BCUT2D eigenvalue weighted by Crippen LogP contribution is 2.24. The fourth-order valence-corrected chi connectivity index (χ4v) is 2.74. The Morgan fingerprint density at radius 3 is 2.33 bits per heavy atom. The Morgan fingerprint density at radius 1 is 0.926 bits per heavy atom. The first kappa shape index (κ1) is 17.0. The standard InChI is InChI=1S/C19H15F2N5O/c1-12-16(14-5-3-2-4-6-14)22-25-26(12)11-13-7-9-15(10-8-13)18-23-24-19(27-18)17(20)21/h2-10,17H,11H2,1H3. The van der Waals surface area contributed by atoms with E-state index in [2.05, 4.69) is 20.5 Å². The number of aromatic nitrogens is 5. The van der Waals surface area contributed by atoms with Crippen molar-refractivity contribution in [2.45, 2.75) is 19.9 Å². The summed E-state index contributed by atoms with van der Waals surface area (Å²) in [5, 5.41) is 15.5. The van der Waals surface area contributed by atoms with Crippen molar-refractivity contribution in [1.29, 1.82) is 0 Å². The molecule has 2 aromatic carbocycles. The lowest BCUT2D eigenvalue weighted by molar-refractivity contribution is 0.116. The van der Waals surface area contributed by atoms with Crippen LogP contribution < -0.4 is 0 Å². The van der Waals surface area contributed by atoms with E-state index in [9.17, 15) is 8.78 Å². The lowest BCUT2D eigenvalue weighted by Gasteiger charge is -2.05. The maximum atomic E-state index is 12.6. The van der Waals surface area contributed by atoms with Crippen molar-refractivity contribution < 1.29 is 13.2 Å². The van der Waals surface area contributed by atoms with E-state index in [1.807, 2.05) is 54.1 Å². The van der Waals surface area contributed by atoms with Gasteiger partial charge in [-0.15, -0.1) is 15.3 Å². The quantitative estimate of drug-likeness (QED) is 0.526. The summed E-state index contributed by atoms with van der Waals surface area (Å²) >= 11 is 0. The molecule has 0 aliphatic rings. The summed E-state index contributed by atoms with van der Waals surface area (Å²) in [6.07, 6.45) is -2.78. The molecule has 0 fully saturated rings. The highest BCUT2D eigenvalue weighted by atomic mass is 19.3. The normalized spacial score (nSPS) is 11.3. The van der Waals surface area contributed by atoms with Gasteiger partial charge in [-0.3, -0.25) is 0 Å². The predicted octanol–water partition coefficient (Wildman–Crippen LogP) is 4.29. The summed E-state index contributed by atoms with van der Waals surface area (Å²) in [4.78, 5) is 0. The third-order valence-electron chi connectivity index (χ3n) is 4.19. The number of hydrogen-bond donors (Lipinski definition) is 0. The molecule has 27 heavy (non-hydrogen) atoms. The molecule has 0 aliphatic carbocycles. The van der Waals surface area contributed by atoms with Crippen molar-refractivity contribution in [2.24, 2.45) is 0 Å². The van der Waals surface area contributed by atoms with E-state index in [0.29, 0.717) is 12.1 Å². The van der Waals surface area contributed by atoms with Crippen LogP contribution >= 0.6 is 0 Å². The Balaban J connectivity index is 1.53. The second kappa shape index (κ2) is 7.06. The summed E-state index contributed by atoms with van der Waals surface area (Å²) in [5.74, 6) is -0.610. The largest absolute Gasteiger partial charge is 0.415 e. The smallest absolute Gasteiger partial charge is 0.314 e. The highest BCUT2D eigenvalue weighted by Gasteiger charge is 2.17. The second-order valence-electron chi connectivity index (χ2n) is 5.99. The molecular weight excluding hydrogens is 352 g/mol. The number of halogens is 2. The second-order valence-corrected chi connectivity index (χ2v) is 5.99. The van der Waals surface area contributed by atoms with E-state index in [0.717, 1.165) is 22.5 Å². The highest BCUT2D eigenvalue weighted by molar-refractivity contribution is 5.60. The van der Waals surface area contributed by atoms with Gasteiger partial charge in [-0.25, -0.2) is 4.68 Å². The Hall–Kier alpha value is -3.42. The fraction of sp³-hybridized carbons (Fsp3) is 0.158. The monoisotopic (exact) mass is 367 g/mol. The van der Waals surface area contributed by atoms with Gasteiger partial charge in [0.15, 0.2) is 0 Å². The van der Waals surface area contributed by atoms with Gasteiger partial charge in [0.25, 0.3) is 5.89 Å². The molecule has 0 bridgehead atoms. The molecule has 0 atom stereocenters. The van der Waals surface area contributed by atoms with Crippen LogP contribution in [0.3, 0.4) is 0 Å². The molecule has 0 radical (unpaired) electrons. The van der Waals surface area contributed by atoms with Crippen LogP contribution in [0.2, 0.25) is 0 Å². The Labute approximate surface area is 153 Å². The van der Waals surface area contributed by atoms with Crippen LogP contribution in [-0.4, -0.2) is 25.2 Å². The Bertz CT molecular complexity index is 1040. The minimum atomic E-state index is -2.78. The molecular formula is C19H15F2N5O. The van der Waals surface area contributed by atoms with Crippen LogP contribution in [0.5, 0.6) is 0 Å². The predicted molar refractivity (Wildman–Crippen MR) is 94.0 cm³/mol. The maximum absolute atomic E-state index is 12.6. The lowest BCUT2D eigenvalue weighted by Crippen LogP contribution is -2.04. The molecule has 2 aromatic heterocycles. The fourth-order valence-electron chi connectivity index (χ4n) is 2.74. The van der Waals surface area contributed by atoms with Gasteiger partial charge >= 0.3 is 6.43 Å². The lowest BCUT2D eigenvalue weighted by atomic mass is 10.1. The first-order valence-electron chi connectivity index (χ1n) is 8.28. The SMILES string of the molecule is Cc1c(-c2ccccc2)nnn1Cc1ccc(-c2nnc(C(F)F)o2)cc1. The molecule has 136 valence electrons. The average molecular weight is 367 g/mol. The number of rotatable bonds is 5. The van der Waals surface area contributed by atoms with Gasteiger partial charge in [-0.1, -0.05) is 47.7 Å². The van der Waals surface area contributed by atoms with Crippen LogP contribution in [0.15, 0.2) is 59.0 Å². The minimum absolute atomic E-state index is 0.0696. The Morgan fingerprint density at radius 2 is 1.67 bits per heavy atom. The molecule has 0 unspecified atom stereocenters. The molecule has 0 saturated carbocycles. The number of nitrogens with zero attached hydrogens (tertiary/aromatic N) is 5. The molecule has 0 N–H and O–H groups in total. The van der Waals surface area contributed by atoms with Crippen LogP contribution in [0, 0.1) is 6.92 Å². The van der Waals surface area contributed by atoms with Crippen molar-refractivity contribution in [3.63, 3.8) is 0 Å². The zero-order valence-corrected chi connectivity index (χ0v) is 14.4. The number of alkyl halides is 2. The summed E-state index contributed by atoms with van der Waals surface area (Å²) < 4.78 is 31.9. The van der Waals surface area contributed by atoms with Crippen LogP contribution in [0.1, 0.15) is 23.6 Å². The van der Waals surface area contributed by atoms with Crippen molar-refractivity contribution in [1.82, 2.24) is 25.2 Å². The first-order valence-corrected chi connectivity index (χ1v) is 8.28. The molecule has 0 saturated heterocycles. The van der Waals surface area contributed by atoms with E-state index in [4.69, 9.17) is 4.42 Å². The van der Waals surface area contributed by atoms with Crippen molar-refractivity contribution >= 4 is 0 Å². The molecule has 8 heteroatoms. The summed E-state index contributed by atoms with van der Waals surface area (Å²) in [5.41, 5.74) is 4.39. The van der Waals surface area contributed by atoms with Crippen LogP contribution in [-0.2, 0) is 6.54 Å². The summed E-state index contributed by atoms with van der Waals surface area (Å²) in [7, 11) is 0. The molecule has 0 spiro atoms. The molecule has 2 heterocycles. The number of hydrogen-bond acceptors (Lipinski definition) is 5.